The van der Waals surface area contributed by atoms with Crippen LogP contribution in [0.5, 0.6) is 0 Å². The van der Waals surface area contributed by atoms with Gasteiger partial charge in [0.1, 0.15) is 12.2 Å². The number of nitrogens with zero attached hydrogens (tertiary/aromatic N) is 1. The Morgan fingerprint density at radius 1 is 0.842 bits per heavy atom. The number of esters is 1. The molecule has 0 aliphatic heterocycles. The Hall–Kier alpha value is -3.58. The zero-order chi connectivity index (χ0) is 26.8. The minimum Gasteiger partial charge on any atom is -1.00 e. The summed E-state index contributed by atoms with van der Waals surface area (Å²) in [5, 5.41) is 5.06. The summed E-state index contributed by atoms with van der Waals surface area (Å²) >= 11 is 0. The molecule has 3 amide bonds. The smallest absolute Gasteiger partial charge is 1.00 e. The van der Waals surface area contributed by atoms with Crippen LogP contribution in [-0.2, 0) is 26.0 Å². The average molecular weight is 549 g/mol. The molecule has 3 rings (SSSR count). The number of methoxy groups -OCH3 is 1. The molecule has 0 bridgehead atoms. The standard InChI is InChI=1S/C25H24N4O7S.Na.H/c1-36-22(30)16-28-25(33)21-12-9-19(15-27-21)24(32)29-37(34,35)20-10-7-18(8-11-20)23(31)26-14-13-17-5-3-2-4-6-17;;/h2-12,15H,13-14,16H2,1H3,(H,26,31)(H,28,33)(H,29,32);;/q;+1;-1. The number of rotatable bonds is 10. The van der Waals surface area contributed by atoms with Gasteiger partial charge in [-0.2, -0.15) is 0 Å². The first-order valence-electron chi connectivity index (χ1n) is 11.0. The number of carbonyl (C=O) groups excluding carboxylic acids is 4. The van der Waals surface area contributed by atoms with E-state index in [2.05, 4.69) is 20.4 Å². The average Bonchev–Trinajstić information content (AvgIpc) is 2.92. The van der Waals surface area contributed by atoms with Gasteiger partial charge in [-0.3, -0.25) is 24.2 Å². The van der Waals surface area contributed by atoms with E-state index in [1.807, 2.05) is 35.1 Å². The Bertz CT molecular complexity index is 1390. The molecule has 0 spiro atoms. The van der Waals surface area contributed by atoms with Crippen LogP contribution in [0.25, 0.3) is 0 Å². The number of pyridine rings is 1. The van der Waals surface area contributed by atoms with Crippen LogP contribution < -0.4 is 44.9 Å². The van der Waals surface area contributed by atoms with Crippen molar-refractivity contribution in [3.8, 4) is 0 Å². The van der Waals surface area contributed by atoms with Crippen LogP contribution in [0.2, 0.25) is 0 Å². The van der Waals surface area contributed by atoms with Gasteiger partial charge in [-0.15, -0.1) is 0 Å². The first kappa shape index (κ1) is 30.6. The van der Waals surface area contributed by atoms with Crippen molar-refractivity contribution in [2.24, 2.45) is 0 Å². The number of benzene rings is 2. The summed E-state index contributed by atoms with van der Waals surface area (Å²) in [7, 11) is -3.07. The molecule has 13 heteroatoms. The quantitative estimate of drug-likeness (QED) is 0.197. The van der Waals surface area contributed by atoms with Gasteiger partial charge in [-0.25, -0.2) is 13.1 Å². The van der Waals surface area contributed by atoms with Gasteiger partial charge in [0.15, 0.2) is 0 Å². The first-order chi connectivity index (χ1) is 17.7. The molecule has 0 saturated carbocycles. The summed E-state index contributed by atoms with van der Waals surface area (Å²) in [4.78, 5) is 51.4. The van der Waals surface area contributed by atoms with E-state index in [0.717, 1.165) is 11.8 Å². The number of hydrogen-bond donors (Lipinski definition) is 3. The summed E-state index contributed by atoms with van der Waals surface area (Å²) in [6.07, 6.45) is 1.68. The van der Waals surface area contributed by atoms with Crippen LogP contribution in [0.4, 0.5) is 0 Å². The number of carbonyl (C=O) groups is 4. The molecule has 194 valence electrons. The SMILES string of the molecule is COC(=O)CNC(=O)c1ccc(C(=O)NS(=O)(=O)c2ccc(C(=O)NCCc3ccccc3)cc2)cn1.[H-].[Na+]. The van der Waals surface area contributed by atoms with E-state index in [9.17, 15) is 27.6 Å². The molecule has 1 heterocycles. The number of sulfonamides is 1. The second-order valence-corrected chi connectivity index (χ2v) is 9.32. The number of nitrogens with one attached hydrogen (secondary N) is 3. The van der Waals surface area contributed by atoms with Gasteiger partial charge in [0.25, 0.3) is 27.7 Å². The Balaban J connectivity index is 0.00000380. The summed E-state index contributed by atoms with van der Waals surface area (Å²) in [6, 6.07) is 17.2. The predicted molar refractivity (Wildman–Crippen MR) is 133 cm³/mol. The molecular formula is C25H25N4NaO7S. The zero-order valence-corrected chi connectivity index (χ0v) is 23.6. The minimum absolute atomic E-state index is 0. The van der Waals surface area contributed by atoms with E-state index in [1.165, 1.54) is 43.5 Å². The third kappa shape index (κ3) is 8.77. The van der Waals surface area contributed by atoms with Gasteiger partial charge in [0.05, 0.1) is 17.6 Å². The molecule has 38 heavy (non-hydrogen) atoms. The van der Waals surface area contributed by atoms with Crippen molar-refractivity contribution in [1.82, 2.24) is 20.3 Å². The van der Waals surface area contributed by atoms with E-state index in [1.54, 1.807) is 0 Å². The molecule has 0 aliphatic carbocycles. The van der Waals surface area contributed by atoms with Crippen LogP contribution in [0, 0.1) is 0 Å². The van der Waals surface area contributed by atoms with Gasteiger partial charge in [-0.1, -0.05) is 30.3 Å². The fourth-order valence-electron chi connectivity index (χ4n) is 3.07. The molecule has 0 aliphatic rings. The fourth-order valence-corrected chi connectivity index (χ4v) is 4.04. The second kappa shape index (κ2) is 14.4. The van der Waals surface area contributed by atoms with Gasteiger partial charge < -0.3 is 16.8 Å². The maximum atomic E-state index is 12.6. The number of amides is 3. The van der Waals surface area contributed by atoms with Crippen molar-refractivity contribution in [2.45, 2.75) is 11.3 Å². The zero-order valence-electron chi connectivity index (χ0n) is 21.8. The largest absolute Gasteiger partial charge is 1.00 e. The molecule has 1 aromatic heterocycles. The van der Waals surface area contributed by atoms with E-state index in [-0.39, 0.29) is 65.2 Å². The van der Waals surface area contributed by atoms with Gasteiger partial charge in [0.2, 0.25) is 0 Å². The molecule has 0 saturated heterocycles. The summed E-state index contributed by atoms with van der Waals surface area (Å²) < 4.78 is 31.6. The van der Waals surface area contributed by atoms with Crippen molar-refractivity contribution in [3.05, 3.63) is 95.3 Å². The van der Waals surface area contributed by atoms with E-state index in [4.69, 9.17) is 0 Å². The Labute approximate surface area is 243 Å². The molecule has 11 nitrogen and oxygen atoms in total. The maximum Gasteiger partial charge on any atom is 1.00 e. The molecule has 3 aromatic rings. The summed E-state index contributed by atoms with van der Waals surface area (Å²) in [5.74, 6) is -2.64. The summed E-state index contributed by atoms with van der Waals surface area (Å²) in [6.45, 7) is 0.0599. The molecule has 0 radical (unpaired) electrons. The van der Waals surface area contributed by atoms with Crippen molar-refractivity contribution in [1.29, 1.82) is 0 Å². The first-order valence-corrected chi connectivity index (χ1v) is 12.5. The van der Waals surface area contributed by atoms with Crippen molar-refractivity contribution in [3.63, 3.8) is 0 Å². The third-order valence-electron chi connectivity index (χ3n) is 5.08. The Kier molecular flexibility index (Phi) is 11.6. The van der Waals surface area contributed by atoms with Crippen LogP contribution in [0.15, 0.2) is 77.8 Å². The molecule has 0 unspecified atom stereocenters. The van der Waals surface area contributed by atoms with Crippen LogP contribution in [0.3, 0.4) is 0 Å². The minimum atomic E-state index is -4.24. The topological polar surface area (TPSA) is 161 Å². The maximum absolute atomic E-state index is 12.6. The van der Waals surface area contributed by atoms with Crippen LogP contribution in [0.1, 0.15) is 38.2 Å². The van der Waals surface area contributed by atoms with E-state index in [0.29, 0.717) is 13.0 Å². The van der Waals surface area contributed by atoms with Gasteiger partial charge >= 0.3 is 35.5 Å². The van der Waals surface area contributed by atoms with E-state index >= 15 is 0 Å². The third-order valence-corrected chi connectivity index (χ3v) is 6.42. The Morgan fingerprint density at radius 2 is 1.50 bits per heavy atom. The molecule has 2 aromatic carbocycles. The second-order valence-electron chi connectivity index (χ2n) is 7.64. The number of ether oxygens (including phenoxy) is 1. The van der Waals surface area contributed by atoms with Crippen LogP contribution >= 0.6 is 0 Å². The van der Waals surface area contributed by atoms with E-state index < -0.39 is 27.8 Å². The number of aromatic nitrogens is 1. The van der Waals surface area contributed by atoms with Crippen molar-refractivity contribution >= 4 is 33.7 Å². The summed E-state index contributed by atoms with van der Waals surface area (Å²) in [5.41, 5.74) is 1.15. The van der Waals surface area contributed by atoms with Crippen molar-refractivity contribution < 1.29 is 63.3 Å². The van der Waals surface area contributed by atoms with Crippen molar-refractivity contribution in [2.75, 3.05) is 20.2 Å². The fraction of sp³-hybridized carbons (Fsp3) is 0.160. The predicted octanol–water partition coefficient (Wildman–Crippen LogP) is -1.81. The van der Waals surface area contributed by atoms with Gasteiger partial charge in [0, 0.05) is 18.3 Å². The molecular weight excluding hydrogens is 523 g/mol. The number of hydrogen-bond acceptors (Lipinski definition) is 8. The molecule has 0 fully saturated rings. The normalized spacial score (nSPS) is 10.4. The van der Waals surface area contributed by atoms with Crippen LogP contribution in [-0.4, -0.2) is 57.3 Å². The van der Waals surface area contributed by atoms with Gasteiger partial charge in [-0.05, 0) is 48.4 Å². The monoisotopic (exact) mass is 548 g/mol. The Morgan fingerprint density at radius 3 is 2.11 bits per heavy atom. The molecule has 3 N–H and O–H groups in total. The molecule has 0 atom stereocenters.